The van der Waals surface area contributed by atoms with Crippen molar-refractivity contribution in [3.63, 3.8) is 0 Å². The van der Waals surface area contributed by atoms with Gasteiger partial charge in [-0.15, -0.1) is 0 Å². The fourth-order valence-corrected chi connectivity index (χ4v) is 6.26. The number of nitriles is 1. The highest BCUT2D eigenvalue weighted by atomic mass is 32.2. The number of hydrogen-bond acceptors (Lipinski definition) is 5. The molecule has 1 saturated heterocycles. The van der Waals surface area contributed by atoms with Gasteiger partial charge in [-0.25, -0.2) is 4.79 Å². The third kappa shape index (κ3) is 5.63. The molecular weight excluding hydrogens is 500 g/mol. The van der Waals surface area contributed by atoms with Gasteiger partial charge >= 0.3 is 6.03 Å². The normalized spacial score (nSPS) is 18.2. The molecule has 3 aromatic rings. The summed E-state index contributed by atoms with van der Waals surface area (Å²) < 4.78 is 26.2. The second kappa shape index (κ2) is 11.7. The van der Waals surface area contributed by atoms with Crippen LogP contribution in [0.3, 0.4) is 0 Å². The van der Waals surface area contributed by atoms with E-state index in [-0.39, 0.29) is 17.3 Å². The van der Waals surface area contributed by atoms with E-state index in [9.17, 15) is 14.6 Å². The Labute approximate surface area is 226 Å². The minimum absolute atomic E-state index is 0.0450. The summed E-state index contributed by atoms with van der Waals surface area (Å²) >= 11 is -0.964. The van der Waals surface area contributed by atoms with Crippen molar-refractivity contribution in [3.8, 4) is 23.1 Å². The van der Waals surface area contributed by atoms with Crippen LogP contribution in [-0.2, 0) is 15.9 Å². The Bertz CT molecular complexity index is 1320. The summed E-state index contributed by atoms with van der Waals surface area (Å²) in [6.45, 7) is 5.44. The summed E-state index contributed by atoms with van der Waals surface area (Å²) in [5.74, 6) is 1.18. The molecule has 2 fully saturated rings. The second-order valence-corrected chi connectivity index (χ2v) is 12.1. The molecule has 1 aromatic heterocycles. The Morgan fingerprint density at radius 2 is 2.03 bits per heavy atom. The van der Waals surface area contributed by atoms with Gasteiger partial charge in [0.1, 0.15) is 29.4 Å². The average molecular weight is 535 g/mol. The second-order valence-electron chi connectivity index (χ2n) is 10.2. The third-order valence-corrected chi connectivity index (χ3v) is 8.86. The zero-order valence-electron chi connectivity index (χ0n) is 21.9. The van der Waals surface area contributed by atoms with Crippen LogP contribution in [0.4, 0.5) is 10.5 Å². The first-order chi connectivity index (χ1) is 18.4. The SMILES string of the molecule is CC(C)NC(=O)Nc1ccc(-c2c(C#N)c3ccc(OCC[S+]([O-])C4CCOC4)cc3n2C2CCC2)cc1. The summed E-state index contributed by atoms with van der Waals surface area (Å²) in [7, 11) is 0. The van der Waals surface area contributed by atoms with Crippen LogP contribution in [-0.4, -0.2) is 52.0 Å². The molecule has 2 N–H and O–H groups in total. The van der Waals surface area contributed by atoms with Crippen LogP contribution < -0.4 is 15.4 Å². The summed E-state index contributed by atoms with van der Waals surface area (Å²) in [4.78, 5) is 12.1. The van der Waals surface area contributed by atoms with Crippen molar-refractivity contribution in [1.82, 2.24) is 9.88 Å². The minimum atomic E-state index is -0.964. The predicted octanol–water partition coefficient (Wildman–Crippen LogP) is 5.35. The van der Waals surface area contributed by atoms with E-state index in [0.717, 1.165) is 47.8 Å². The Morgan fingerprint density at radius 1 is 1.24 bits per heavy atom. The van der Waals surface area contributed by atoms with Crippen molar-refractivity contribution in [1.29, 1.82) is 5.26 Å². The molecule has 8 nitrogen and oxygen atoms in total. The van der Waals surface area contributed by atoms with Gasteiger partial charge in [-0.05, 0) is 74.1 Å². The third-order valence-electron chi connectivity index (χ3n) is 7.18. The first-order valence-corrected chi connectivity index (χ1v) is 14.7. The number of anilines is 1. The lowest BCUT2D eigenvalue weighted by molar-refractivity contribution is 0.198. The molecule has 0 bridgehead atoms. The van der Waals surface area contributed by atoms with E-state index in [1.807, 2.05) is 56.3 Å². The molecule has 9 heteroatoms. The number of carbonyl (C=O) groups is 1. The van der Waals surface area contributed by atoms with Gasteiger partial charge in [-0.2, -0.15) is 5.26 Å². The van der Waals surface area contributed by atoms with Gasteiger partial charge in [0.2, 0.25) is 0 Å². The Hall–Kier alpha value is -3.19. The van der Waals surface area contributed by atoms with Crippen LogP contribution in [0.15, 0.2) is 42.5 Å². The van der Waals surface area contributed by atoms with Crippen molar-refractivity contribution in [2.24, 2.45) is 0 Å². The molecular formula is C29H34N4O4S. The van der Waals surface area contributed by atoms with Crippen LogP contribution in [0.25, 0.3) is 22.2 Å². The summed E-state index contributed by atoms with van der Waals surface area (Å²) in [6.07, 6.45) is 4.12. The fraction of sp³-hybridized carbons (Fsp3) is 0.448. The number of amides is 2. The van der Waals surface area contributed by atoms with E-state index in [0.29, 0.717) is 48.6 Å². The van der Waals surface area contributed by atoms with E-state index in [1.165, 1.54) is 0 Å². The maximum atomic E-state index is 12.5. The molecule has 2 aromatic carbocycles. The van der Waals surface area contributed by atoms with E-state index in [4.69, 9.17) is 9.47 Å². The van der Waals surface area contributed by atoms with Gasteiger partial charge in [-0.3, -0.25) is 0 Å². The van der Waals surface area contributed by atoms with Gasteiger partial charge in [0.15, 0.2) is 0 Å². The largest absolute Gasteiger partial charge is 0.616 e. The van der Waals surface area contributed by atoms with Gasteiger partial charge < -0.3 is 29.2 Å². The molecule has 1 saturated carbocycles. The highest BCUT2D eigenvalue weighted by Gasteiger charge is 2.29. The van der Waals surface area contributed by atoms with Crippen LogP contribution >= 0.6 is 0 Å². The molecule has 1 aliphatic heterocycles. The minimum Gasteiger partial charge on any atom is -0.616 e. The van der Waals surface area contributed by atoms with Crippen LogP contribution in [0.1, 0.15) is 51.1 Å². The number of aromatic nitrogens is 1. The highest BCUT2D eigenvalue weighted by molar-refractivity contribution is 7.92. The topological polar surface area (TPSA) is 111 Å². The van der Waals surface area contributed by atoms with E-state index in [1.54, 1.807) is 0 Å². The monoisotopic (exact) mass is 534 g/mol. The lowest BCUT2D eigenvalue weighted by atomic mass is 9.92. The number of urea groups is 1. The number of nitrogens with zero attached hydrogens (tertiary/aromatic N) is 2. The van der Waals surface area contributed by atoms with E-state index < -0.39 is 11.2 Å². The number of rotatable bonds is 9. The number of fused-ring (bicyclic) bond motifs is 1. The van der Waals surface area contributed by atoms with Gasteiger partial charge in [0.05, 0.1) is 30.0 Å². The number of hydrogen-bond donors (Lipinski definition) is 2. The lowest BCUT2D eigenvalue weighted by Crippen LogP contribution is -2.34. The molecule has 5 rings (SSSR count). The number of carbonyl (C=O) groups excluding carboxylic acids is 1. The maximum absolute atomic E-state index is 12.5. The maximum Gasteiger partial charge on any atom is 0.319 e. The fourth-order valence-electron chi connectivity index (χ4n) is 5.07. The van der Waals surface area contributed by atoms with Crippen molar-refractivity contribution in [2.45, 2.75) is 56.9 Å². The standard InChI is InChI=1S/C29H34N4O4S/c1-19(2)31-29(34)32-21-8-6-20(7-9-21)28-26(17-30)25-11-10-23(16-27(25)33(28)22-4-3-5-22)37-14-15-38(35)24-12-13-36-18-24/h6-11,16,19,22,24H,3-5,12-15,18H2,1-2H3,(H2,31,32,34). The summed E-state index contributed by atoms with van der Waals surface area (Å²) in [6, 6.07) is 16.0. The molecule has 200 valence electrons. The molecule has 0 radical (unpaired) electrons. The summed E-state index contributed by atoms with van der Waals surface area (Å²) in [5, 5.41) is 16.9. The number of nitrogens with one attached hydrogen (secondary N) is 2. The van der Waals surface area contributed by atoms with Crippen molar-refractivity contribution < 1.29 is 18.8 Å². The molecule has 2 amide bonds. The number of ether oxygens (including phenoxy) is 2. The molecule has 2 unspecified atom stereocenters. The Balaban J connectivity index is 1.41. The number of benzene rings is 2. The van der Waals surface area contributed by atoms with Crippen LogP contribution in [0.2, 0.25) is 0 Å². The molecule has 2 aliphatic rings. The van der Waals surface area contributed by atoms with Crippen LogP contribution in [0, 0.1) is 11.3 Å². The zero-order valence-corrected chi connectivity index (χ0v) is 22.7. The summed E-state index contributed by atoms with van der Waals surface area (Å²) in [5.41, 5.74) is 4.12. The first-order valence-electron chi connectivity index (χ1n) is 13.3. The van der Waals surface area contributed by atoms with E-state index in [2.05, 4.69) is 21.3 Å². The lowest BCUT2D eigenvalue weighted by Gasteiger charge is -2.30. The van der Waals surface area contributed by atoms with Gasteiger partial charge in [0, 0.05) is 35.6 Å². The van der Waals surface area contributed by atoms with Gasteiger partial charge in [-0.1, -0.05) is 12.1 Å². The highest BCUT2D eigenvalue weighted by Crippen LogP contribution is 2.43. The van der Waals surface area contributed by atoms with Crippen molar-refractivity contribution in [3.05, 3.63) is 48.0 Å². The zero-order chi connectivity index (χ0) is 26.6. The van der Waals surface area contributed by atoms with E-state index >= 15 is 0 Å². The quantitative estimate of drug-likeness (QED) is 0.360. The molecule has 0 spiro atoms. The average Bonchev–Trinajstić information content (AvgIpc) is 3.50. The Kier molecular flexibility index (Phi) is 8.12. The van der Waals surface area contributed by atoms with Crippen molar-refractivity contribution >= 4 is 33.8 Å². The van der Waals surface area contributed by atoms with Crippen molar-refractivity contribution in [2.75, 3.05) is 30.9 Å². The molecule has 2 heterocycles. The first kappa shape index (κ1) is 26.4. The Morgan fingerprint density at radius 3 is 2.66 bits per heavy atom. The molecule has 2 atom stereocenters. The molecule has 1 aliphatic carbocycles. The molecule has 38 heavy (non-hydrogen) atoms. The smallest absolute Gasteiger partial charge is 0.319 e. The van der Waals surface area contributed by atoms with Gasteiger partial charge in [0.25, 0.3) is 0 Å². The predicted molar refractivity (Wildman–Crippen MR) is 150 cm³/mol. The van der Waals surface area contributed by atoms with Crippen LogP contribution in [0.5, 0.6) is 5.75 Å².